The van der Waals surface area contributed by atoms with Crippen molar-refractivity contribution in [2.45, 2.75) is 25.3 Å². The molecule has 0 atom stereocenters. The standard InChI is InChI=1S/C12H17BrN2O2/c1-9-6-10(13)11(14-7-9)15-12(8-16)2-4-17-5-3-12/h6-7,16H,2-5,8H2,1H3,(H,14,15). The second-order valence-electron chi connectivity index (χ2n) is 4.52. The fourth-order valence-electron chi connectivity index (χ4n) is 1.96. The highest BCUT2D eigenvalue weighted by Crippen LogP contribution is 2.29. The van der Waals surface area contributed by atoms with Gasteiger partial charge in [-0.05, 0) is 47.3 Å². The van der Waals surface area contributed by atoms with Gasteiger partial charge in [-0.2, -0.15) is 0 Å². The van der Waals surface area contributed by atoms with Gasteiger partial charge in [-0.3, -0.25) is 0 Å². The van der Waals surface area contributed by atoms with E-state index in [-0.39, 0.29) is 12.1 Å². The third kappa shape index (κ3) is 2.97. The smallest absolute Gasteiger partial charge is 0.140 e. The van der Waals surface area contributed by atoms with Crippen LogP contribution in [0.1, 0.15) is 18.4 Å². The van der Waals surface area contributed by atoms with Crippen LogP contribution in [-0.2, 0) is 4.74 Å². The fraction of sp³-hybridized carbons (Fsp3) is 0.583. The lowest BCUT2D eigenvalue weighted by molar-refractivity contribution is 0.0378. The van der Waals surface area contributed by atoms with Crippen molar-refractivity contribution in [1.29, 1.82) is 0 Å². The Labute approximate surface area is 110 Å². The minimum absolute atomic E-state index is 0.0956. The molecule has 0 amide bonds. The van der Waals surface area contributed by atoms with Crippen molar-refractivity contribution >= 4 is 21.7 Å². The van der Waals surface area contributed by atoms with Gasteiger partial charge in [0, 0.05) is 19.4 Å². The number of pyridine rings is 1. The summed E-state index contributed by atoms with van der Waals surface area (Å²) in [7, 11) is 0. The number of aryl methyl sites for hydroxylation is 1. The average molecular weight is 301 g/mol. The van der Waals surface area contributed by atoms with Gasteiger partial charge in [0.25, 0.3) is 0 Å². The molecule has 1 aliphatic heterocycles. The first-order chi connectivity index (χ1) is 8.15. The van der Waals surface area contributed by atoms with Crippen LogP contribution in [0.2, 0.25) is 0 Å². The molecule has 0 spiro atoms. The van der Waals surface area contributed by atoms with Gasteiger partial charge in [0.15, 0.2) is 0 Å². The molecular formula is C12H17BrN2O2. The molecule has 5 heteroatoms. The van der Waals surface area contributed by atoms with Crippen molar-refractivity contribution in [2.75, 3.05) is 25.1 Å². The first kappa shape index (κ1) is 12.8. The largest absolute Gasteiger partial charge is 0.394 e. The highest BCUT2D eigenvalue weighted by molar-refractivity contribution is 9.10. The zero-order chi connectivity index (χ0) is 12.3. The van der Waals surface area contributed by atoms with Gasteiger partial charge in [0.2, 0.25) is 0 Å². The number of nitrogens with zero attached hydrogens (tertiary/aromatic N) is 1. The minimum Gasteiger partial charge on any atom is -0.394 e. The average Bonchev–Trinajstić information content (AvgIpc) is 2.34. The molecule has 1 aliphatic rings. The monoisotopic (exact) mass is 300 g/mol. The molecule has 17 heavy (non-hydrogen) atoms. The number of ether oxygens (including phenoxy) is 1. The molecule has 2 rings (SSSR count). The predicted octanol–water partition coefficient (Wildman–Crippen LogP) is 2.11. The van der Waals surface area contributed by atoms with E-state index in [2.05, 4.69) is 26.2 Å². The maximum absolute atomic E-state index is 9.59. The first-order valence-corrected chi connectivity index (χ1v) is 6.53. The van der Waals surface area contributed by atoms with Crippen LogP contribution in [0.5, 0.6) is 0 Å². The predicted molar refractivity (Wildman–Crippen MR) is 70.2 cm³/mol. The van der Waals surface area contributed by atoms with Crippen molar-refractivity contribution < 1.29 is 9.84 Å². The Kier molecular flexibility index (Phi) is 4.01. The lowest BCUT2D eigenvalue weighted by Gasteiger charge is -2.37. The number of rotatable bonds is 3. The van der Waals surface area contributed by atoms with E-state index in [1.165, 1.54) is 0 Å². The topological polar surface area (TPSA) is 54.4 Å². The summed E-state index contributed by atoms with van der Waals surface area (Å²) in [5, 5.41) is 12.9. The third-order valence-corrected chi connectivity index (χ3v) is 3.72. The number of hydrogen-bond acceptors (Lipinski definition) is 4. The van der Waals surface area contributed by atoms with Gasteiger partial charge >= 0.3 is 0 Å². The summed E-state index contributed by atoms with van der Waals surface area (Å²) in [6, 6.07) is 2.01. The molecule has 0 saturated carbocycles. The van der Waals surface area contributed by atoms with Crippen molar-refractivity contribution in [2.24, 2.45) is 0 Å². The van der Waals surface area contributed by atoms with Gasteiger partial charge in [-0.1, -0.05) is 0 Å². The van der Waals surface area contributed by atoms with Crippen molar-refractivity contribution in [3.8, 4) is 0 Å². The van der Waals surface area contributed by atoms with Crippen molar-refractivity contribution in [3.05, 3.63) is 22.3 Å². The molecule has 1 aromatic heterocycles. The molecule has 1 saturated heterocycles. The number of nitrogens with one attached hydrogen (secondary N) is 1. The zero-order valence-corrected chi connectivity index (χ0v) is 11.5. The summed E-state index contributed by atoms with van der Waals surface area (Å²) in [6.45, 7) is 3.45. The molecule has 2 heterocycles. The van der Waals surface area contributed by atoms with Gasteiger partial charge in [0.05, 0.1) is 16.6 Å². The normalized spacial score (nSPS) is 19.0. The number of aliphatic hydroxyl groups is 1. The minimum atomic E-state index is -0.303. The Balaban J connectivity index is 2.17. The van der Waals surface area contributed by atoms with E-state index in [1.807, 2.05) is 19.2 Å². The Morgan fingerprint density at radius 1 is 1.53 bits per heavy atom. The maximum Gasteiger partial charge on any atom is 0.140 e. The van der Waals surface area contributed by atoms with E-state index in [0.29, 0.717) is 13.2 Å². The molecule has 0 unspecified atom stereocenters. The fourth-order valence-corrected chi connectivity index (χ4v) is 2.52. The van der Waals surface area contributed by atoms with Crippen LogP contribution >= 0.6 is 15.9 Å². The molecule has 0 aliphatic carbocycles. The van der Waals surface area contributed by atoms with Gasteiger partial charge < -0.3 is 15.2 Å². The number of aromatic nitrogens is 1. The Hall–Kier alpha value is -0.650. The molecule has 4 nitrogen and oxygen atoms in total. The van der Waals surface area contributed by atoms with Crippen LogP contribution in [0.25, 0.3) is 0 Å². The van der Waals surface area contributed by atoms with Crippen LogP contribution < -0.4 is 5.32 Å². The molecule has 0 bridgehead atoms. The summed E-state index contributed by atoms with van der Waals surface area (Å²) in [6.07, 6.45) is 3.41. The van der Waals surface area contributed by atoms with Crippen molar-refractivity contribution in [1.82, 2.24) is 4.98 Å². The van der Waals surface area contributed by atoms with Crippen LogP contribution in [0.3, 0.4) is 0 Å². The summed E-state index contributed by atoms with van der Waals surface area (Å²) in [4.78, 5) is 4.35. The number of hydrogen-bond donors (Lipinski definition) is 2. The van der Waals surface area contributed by atoms with E-state index >= 15 is 0 Å². The highest BCUT2D eigenvalue weighted by Gasteiger charge is 2.32. The second kappa shape index (κ2) is 5.33. The summed E-state index contributed by atoms with van der Waals surface area (Å²) in [5.74, 6) is 0.784. The Morgan fingerprint density at radius 3 is 2.82 bits per heavy atom. The molecule has 0 radical (unpaired) electrons. The molecule has 94 valence electrons. The third-order valence-electron chi connectivity index (χ3n) is 3.11. The lowest BCUT2D eigenvalue weighted by Crippen LogP contribution is -2.47. The molecule has 0 aromatic carbocycles. The number of halogens is 1. The zero-order valence-electron chi connectivity index (χ0n) is 9.87. The quantitative estimate of drug-likeness (QED) is 0.898. The van der Waals surface area contributed by atoms with E-state index in [1.54, 1.807) is 0 Å². The molecular weight excluding hydrogens is 284 g/mol. The van der Waals surface area contributed by atoms with E-state index < -0.39 is 0 Å². The van der Waals surface area contributed by atoms with Crippen LogP contribution in [0, 0.1) is 6.92 Å². The van der Waals surface area contributed by atoms with E-state index in [0.717, 1.165) is 28.7 Å². The molecule has 1 aromatic rings. The Morgan fingerprint density at radius 2 is 2.24 bits per heavy atom. The van der Waals surface area contributed by atoms with Crippen molar-refractivity contribution in [3.63, 3.8) is 0 Å². The first-order valence-electron chi connectivity index (χ1n) is 5.74. The van der Waals surface area contributed by atoms with Crippen LogP contribution in [0.15, 0.2) is 16.7 Å². The maximum atomic E-state index is 9.59. The summed E-state index contributed by atoms with van der Waals surface area (Å²) >= 11 is 3.49. The molecule has 2 N–H and O–H groups in total. The van der Waals surface area contributed by atoms with Gasteiger partial charge in [0.1, 0.15) is 5.82 Å². The second-order valence-corrected chi connectivity index (χ2v) is 5.37. The van der Waals surface area contributed by atoms with Crippen LogP contribution in [0.4, 0.5) is 5.82 Å². The van der Waals surface area contributed by atoms with E-state index in [4.69, 9.17) is 4.74 Å². The summed E-state index contributed by atoms with van der Waals surface area (Å²) in [5.41, 5.74) is 0.802. The van der Waals surface area contributed by atoms with Crippen LogP contribution in [-0.4, -0.2) is 35.5 Å². The molecule has 1 fully saturated rings. The number of anilines is 1. The lowest BCUT2D eigenvalue weighted by atomic mass is 9.91. The number of aliphatic hydroxyl groups excluding tert-OH is 1. The summed E-state index contributed by atoms with van der Waals surface area (Å²) < 4.78 is 6.26. The van der Waals surface area contributed by atoms with E-state index in [9.17, 15) is 5.11 Å². The van der Waals surface area contributed by atoms with Gasteiger partial charge in [-0.25, -0.2) is 4.98 Å². The Bertz CT molecular complexity index is 392. The van der Waals surface area contributed by atoms with Gasteiger partial charge in [-0.15, -0.1) is 0 Å². The SMILES string of the molecule is Cc1cnc(NC2(CO)CCOCC2)c(Br)c1. The highest BCUT2D eigenvalue weighted by atomic mass is 79.9.